The van der Waals surface area contributed by atoms with Gasteiger partial charge in [-0.05, 0) is 50.7 Å². The van der Waals surface area contributed by atoms with E-state index in [1.54, 1.807) is 0 Å². The standard InChI is InChI=1S/C12H25F3N2/c1-10(2)7-11(8-16)9-17-6-4-3-5-12(13,14)15/h10-11,17H,3-9,16H2,1-2H3. The molecule has 0 aromatic heterocycles. The summed E-state index contributed by atoms with van der Waals surface area (Å²) < 4.78 is 35.6. The molecule has 0 aromatic carbocycles. The molecule has 0 saturated carbocycles. The molecule has 0 heterocycles. The van der Waals surface area contributed by atoms with Gasteiger partial charge in [-0.1, -0.05) is 13.8 Å². The predicted molar refractivity (Wildman–Crippen MR) is 64.8 cm³/mol. The number of alkyl halides is 3. The first-order chi connectivity index (χ1) is 7.85. The smallest absolute Gasteiger partial charge is 0.330 e. The Labute approximate surface area is 102 Å². The van der Waals surface area contributed by atoms with E-state index in [1.807, 2.05) is 0 Å². The molecule has 1 unspecified atom stereocenters. The van der Waals surface area contributed by atoms with Crippen molar-refractivity contribution in [2.45, 2.75) is 45.7 Å². The molecule has 0 aromatic rings. The van der Waals surface area contributed by atoms with Gasteiger partial charge in [0.2, 0.25) is 0 Å². The summed E-state index contributed by atoms with van der Waals surface area (Å²) in [4.78, 5) is 0. The van der Waals surface area contributed by atoms with Crippen LogP contribution in [0.1, 0.15) is 39.5 Å². The fourth-order valence-corrected chi connectivity index (χ4v) is 1.81. The minimum Gasteiger partial charge on any atom is -0.330 e. The maximum atomic E-state index is 11.9. The van der Waals surface area contributed by atoms with Crippen LogP contribution in [-0.4, -0.2) is 25.8 Å². The first-order valence-electron chi connectivity index (χ1n) is 6.32. The number of rotatable bonds is 9. The number of unbranched alkanes of at least 4 members (excludes halogenated alkanes) is 1. The second kappa shape index (κ2) is 8.75. The van der Waals surface area contributed by atoms with Gasteiger partial charge in [-0.15, -0.1) is 0 Å². The van der Waals surface area contributed by atoms with E-state index in [-0.39, 0.29) is 6.42 Å². The number of hydrogen-bond donors (Lipinski definition) is 2. The van der Waals surface area contributed by atoms with E-state index in [4.69, 9.17) is 5.73 Å². The molecule has 5 heteroatoms. The summed E-state index contributed by atoms with van der Waals surface area (Å²) in [6.07, 6.45) is -2.86. The lowest BCUT2D eigenvalue weighted by atomic mass is 9.97. The summed E-state index contributed by atoms with van der Waals surface area (Å²) in [6.45, 7) is 6.37. The van der Waals surface area contributed by atoms with Crippen molar-refractivity contribution in [1.82, 2.24) is 5.32 Å². The minimum atomic E-state index is -4.02. The Morgan fingerprint density at radius 3 is 2.29 bits per heavy atom. The number of hydrogen-bond acceptors (Lipinski definition) is 2. The molecule has 0 rings (SSSR count). The van der Waals surface area contributed by atoms with E-state index in [9.17, 15) is 13.2 Å². The zero-order chi connectivity index (χ0) is 13.3. The van der Waals surface area contributed by atoms with Crippen LogP contribution < -0.4 is 11.1 Å². The van der Waals surface area contributed by atoms with Crippen LogP contribution in [0.2, 0.25) is 0 Å². The van der Waals surface area contributed by atoms with Crippen LogP contribution in [0.3, 0.4) is 0 Å². The molecular weight excluding hydrogens is 229 g/mol. The molecule has 0 aliphatic carbocycles. The van der Waals surface area contributed by atoms with Crippen molar-refractivity contribution < 1.29 is 13.2 Å². The Balaban J connectivity index is 3.43. The first-order valence-corrected chi connectivity index (χ1v) is 6.32. The Morgan fingerprint density at radius 1 is 1.18 bits per heavy atom. The summed E-state index contributed by atoms with van der Waals surface area (Å²) in [5.41, 5.74) is 5.63. The molecule has 1 atom stereocenters. The number of nitrogens with two attached hydrogens (primary N) is 1. The minimum absolute atomic E-state index is 0.202. The van der Waals surface area contributed by atoms with Gasteiger partial charge < -0.3 is 11.1 Å². The Morgan fingerprint density at radius 2 is 1.82 bits per heavy atom. The molecule has 0 spiro atoms. The highest BCUT2D eigenvalue weighted by atomic mass is 19.4. The van der Waals surface area contributed by atoms with E-state index in [0.717, 1.165) is 13.0 Å². The number of nitrogens with one attached hydrogen (secondary N) is 1. The van der Waals surface area contributed by atoms with Crippen molar-refractivity contribution in [2.24, 2.45) is 17.6 Å². The van der Waals surface area contributed by atoms with Crippen LogP contribution in [-0.2, 0) is 0 Å². The van der Waals surface area contributed by atoms with Gasteiger partial charge >= 0.3 is 6.18 Å². The van der Waals surface area contributed by atoms with Gasteiger partial charge in [0.15, 0.2) is 0 Å². The average Bonchev–Trinajstić information content (AvgIpc) is 2.19. The van der Waals surface area contributed by atoms with Crippen molar-refractivity contribution in [3.63, 3.8) is 0 Å². The molecule has 0 aliphatic rings. The molecule has 3 N–H and O–H groups in total. The largest absolute Gasteiger partial charge is 0.389 e. The summed E-state index contributed by atoms with van der Waals surface area (Å²) in [5.74, 6) is 1.04. The third kappa shape index (κ3) is 12.0. The van der Waals surface area contributed by atoms with E-state index in [2.05, 4.69) is 19.2 Å². The maximum Gasteiger partial charge on any atom is 0.389 e. The Kier molecular flexibility index (Phi) is 8.60. The zero-order valence-corrected chi connectivity index (χ0v) is 10.8. The highest BCUT2D eigenvalue weighted by Crippen LogP contribution is 2.21. The Hall–Kier alpha value is -0.290. The van der Waals surface area contributed by atoms with Gasteiger partial charge in [0, 0.05) is 6.42 Å². The lowest BCUT2D eigenvalue weighted by molar-refractivity contribution is -0.135. The summed E-state index contributed by atoms with van der Waals surface area (Å²) in [6, 6.07) is 0. The lowest BCUT2D eigenvalue weighted by Crippen LogP contribution is -2.30. The quantitative estimate of drug-likeness (QED) is 0.621. The van der Waals surface area contributed by atoms with Gasteiger partial charge in [-0.2, -0.15) is 13.2 Å². The highest BCUT2D eigenvalue weighted by molar-refractivity contribution is 4.65. The molecule has 0 bridgehead atoms. The molecule has 0 radical (unpaired) electrons. The van der Waals surface area contributed by atoms with Crippen LogP contribution in [0.15, 0.2) is 0 Å². The van der Waals surface area contributed by atoms with E-state index in [1.165, 1.54) is 0 Å². The van der Waals surface area contributed by atoms with Crippen LogP contribution in [0.25, 0.3) is 0 Å². The van der Waals surface area contributed by atoms with Gasteiger partial charge in [-0.25, -0.2) is 0 Å². The van der Waals surface area contributed by atoms with Crippen LogP contribution >= 0.6 is 0 Å². The molecule has 2 nitrogen and oxygen atoms in total. The van der Waals surface area contributed by atoms with E-state index in [0.29, 0.717) is 31.3 Å². The Bertz CT molecular complexity index is 181. The zero-order valence-electron chi connectivity index (χ0n) is 10.8. The SMILES string of the molecule is CC(C)CC(CN)CNCCCCC(F)(F)F. The molecule has 0 amide bonds. The summed E-state index contributed by atoms with van der Waals surface area (Å²) in [5, 5.41) is 3.18. The second-order valence-corrected chi connectivity index (χ2v) is 5.01. The van der Waals surface area contributed by atoms with Crippen LogP contribution in [0.5, 0.6) is 0 Å². The highest BCUT2D eigenvalue weighted by Gasteiger charge is 2.25. The van der Waals surface area contributed by atoms with Gasteiger partial charge in [0.05, 0.1) is 0 Å². The third-order valence-corrected chi connectivity index (χ3v) is 2.63. The number of halogens is 3. The van der Waals surface area contributed by atoms with Crippen molar-refractivity contribution >= 4 is 0 Å². The van der Waals surface area contributed by atoms with Crippen LogP contribution in [0, 0.1) is 11.8 Å². The maximum absolute atomic E-state index is 11.9. The molecular formula is C12H25F3N2. The fourth-order valence-electron chi connectivity index (χ4n) is 1.81. The summed E-state index contributed by atoms with van der Waals surface area (Å²) >= 11 is 0. The second-order valence-electron chi connectivity index (χ2n) is 5.01. The molecule has 0 aliphatic heterocycles. The lowest BCUT2D eigenvalue weighted by Gasteiger charge is -2.17. The molecule has 17 heavy (non-hydrogen) atoms. The molecule has 104 valence electrons. The van der Waals surface area contributed by atoms with E-state index < -0.39 is 12.6 Å². The fraction of sp³-hybridized carbons (Fsp3) is 1.00. The monoisotopic (exact) mass is 254 g/mol. The van der Waals surface area contributed by atoms with E-state index >= 15 is 0 Å². The van der Waals surface area contributed by atoms with Gasteiger partial charge in [0.1, 0.15) is 0 Å². The molecule has 0 fully saturated rings. The van der Waals surface area contributed by atoms with Crippen molar-refractivity contribution in [2.75, 3.05) is 19.6 Å². The first kappa shape index (κ1) is 16.7. The third-order valence-electron chi connectivity index (χ3n) is 2.63. The normalized spacial score (nSPS) is 14.3. The average molecular weight is 254 g/mol. The summed E-state index contributed by atoms with van der Waals surface area (Å²) in [7, 11) is 0. The predicted octanol–water partition coefficient (Wildman–Crippen LogP) is 2.93. The van der Waals surface area contributed by atoms with Crippen molar-refractivity contribution in [1.29, 1.82) is 0 Å². The van der Waals surface area contributed by atoms with Crippen molar-refractivity contribution in [3.8, 4) is 0 Å². The van der Waals surface area contributed by atoms with Gasteiger partial charge in [-0.3, -0.25) is 0 Å². The van der Waals surface area contributed by atoms with Crippen molar-refractivity contribution in [3.05, 3.63) is 0 Å². The van der Waals surface area contributed by atoms with Gasteiger partial charge in [0.25, 0.3) is 0 Å². The van der Waals surface area contributed by atoms with Crippen LogP contribution in [0.4, 0.5) is 13.2 Å². The molecule has 0 saturated heterocycles. The topological polar surface area (TPSA) is 38.0 Å².